The van der Waals surface area contributed by atoms with Crippen molar-refractivity contribution in [1.82, 2.24) is 4.57 Å². The zero-order valence-corrected chi connectivity index (χ0v) is 37.6. The molecule has 5 heteroatoms. The van der Waals surface area contributed by atoms with Crippen LogP contribution >= 0.6 is 0 Å². The Morgan fingerprint density at radius 2 is 1.19 bits per heavy atom. The summed E-state index contributed by atoms with van der Waals surface area (Å²) in [6.45, 7) is 18.3. The van der Waals surface area contributed by atoms with Crippen LogP contribution in [-0.2, 0) is 16.2 Å². The van der Waals surface area contributed by atoms with Crippen LogP contribution < -0.4 is 16.2 Å². The number of anilines is 2. The second kappa shape index (κ2) is 12.6. The van der Waals surface area contributed by atoms with E-state index in [9.17, 15) is 0 Å². The normalized spacial score (nSPS) is 14.2. The molecule has 0 atom stereocenters. The molecule has 0 fully saturated rings. The minimum atomic E-state index is -0.122. The molecule has 64 heavy (non-hydrogen) atoms. The number of nitrogens with one attached hydrogen (secondary N) is 1. The Bertz CT molecular complexity index is 3820. The molecule has 1 aliphatic carbocycles. The highest BCUT2D eigenvalue weighted by Gasteiger charge is 2.37. The fourth-order valence-electron chi connectivity index (χ4n) is 11.0. The van der Waals surface area contributed by atoms with E-state index in [4.69, 9.17) is 8.83 Å². The maximum absolute atomic E-state index is 6.68. The van der Waals surface area contributed by atoms with E-state index in [0.29, 0.717) is 0 Å². The van der Waals surface area contributed by atoms with Crippen molar-refractivity contribution >= 4 is 95.3 Å². The molecular formula is C59H48BN2O2. The summed E-state index contributed by atoms with van der Waals surface area (Å²) in [6.07, 6.45) is 0. The first-order valence-corrected chi connectivity index (χ1v) is 22.7. The van der Waals surface area contributed by atoms with E-state index in [-0.39, 0.29) is 16.2 Å². The molecule has 0 unspecified atom stereocenters. The van der Waals surface area contributed by atoms with Gasteiger partial charge >= 0.3 is 0 Å². The first-order chi connectivity index (χ1) is 30.7. The van der Waals surface area contributed by atoms with Crippen LogP contribution in [0.4, 0.5) is 11.4 Å². The lowest BCUT2D eigenvalue weighted by Crippen LogP contribution is -2.37. The second-order valence-corrected chi connectivity index (χ2v) is 20.9. The Kier molecular flexibility index (Phi) is 7.40. The van der Waals surface area contributed by atoms with Gasteiger partial charge in [0.25, 0.3) is 0 Å². The molecule has 3 aromatic heterocycles. The molecule has 2 aliphatic rings. The van der Waals surface area contributed by atoms with E-state index in [0.717, 1.165) is 77.5 Å². The van der Waals surface area contributed by atoms with E-state index in [1.54, 1.807) is 0 Å². The standard InChI is InChI=1S/C59H48BN2O2/c1-57(2,3)32-17-20-34(21-18-32)61-48-30-53-43(42-25-33(58(4,5)6)19-24-52(42)64-53)26-40(48)37-22-23-38-41-27-46-39(35-13-9-11-15-45(35)59(46,7)8)29-49(41)62-50-31-54-44(28-47(50)60-55(37)56(38)62)36-14-10-12-16-51(36)63-54/h9-31,61H,1-8H3. The van der Waals surface area contributed by atoms with Crippen LogP contribution in [0.1, 0.15) is 77.6 Å². The van der Waals surface area contributed by atoms with E-state index in [2.05, 4.69) is 212 Å². The van der Waals surface area contributed by atoms with Crippen LogP contribution in [0.5, 0.6) is 0 Å². The Labute approximate surface area is 373 Å². The van der Waals surface area contributed by atoms with Crippen molar-refractivity contribution in [3.63, 3.8) is 0 Å². The van der Waals surface area contributed by atoms with Gasteiger partial charge in [-0.1, -0.05) is 140 Å². The maximum Gasteiger partial charge on any atom is 0.197 e. The lowest BCUT2D eigenvalue weighted by molar-refractivity contribution is 0.590. The summed E-state index contributed by atoms with van der Waals surface area (Å²) >= 11 is 0. The monoisotopic (exact) mass is 827 g/mol. The number of aromatic nitrogens is 1. The summed E-state index contributed by atoms with van der Waals surface area (Å²) in [6, 6.07) is 51.8. The third-order valence-corrected chi connectivity index (χ3v) is 14.5. The lowest BCUT2D eigenvalue weighted by atomic mass is 9.59. The largest absolute Gasteiger partial charge is 0.456 e. The zero-order chi connectivity index (χ0) is 43.6. The Morgan fingerprint density at radius 1 is 0.500 bits per heavy atom. The van der Waals surface area contributed by atoms with Crippen molar-refractivity contribution in [2.45, 2.75) is 71.6 Å². The van der Waals surface area contributed by atoms with E-state index in [1.807, 2.05) is 0 Å². The van der Waals surface area contributed by atoms with Crippen LogP contribution in [0.25, 0.3) is 93.6 Å². The number of hydrogen-bond donors (Lipinski definition) is 1. The van der Waals surface area contributed by atoms with Crippen LogP contribution in [0, 0.1) is 0 Å². The maximum atomic E-state index is 6.68. The zero-order valence-electron chi connectivity index (χ0n) is 37.6. The van der Waals surface area contributed by atoms with Gasteiger partial charge in [-0.2, -0.15) is 0 Å². The van der Waals surface area contributed by atoms with Gasteiger partial charge in [-0.3, -0.25) is 0 Å². The number of benzene rings is 8. The number of fused-ring (bicyclic) bond motifs is 14. The molecule has 4 nitrogen and oxygen atoms in total. The van der Waals surface area contributed by atoms with Crippen molar-refractivity contribution in [1.29, 1.82) is 0 Å². The van der Waals surface area contributed by atoms with Crippen molar-refractivity contribution in [2.75, 3.05) is 5.32 Å². The van der Waals surface area contributed by atoms with Crippen LogP contribution in [0.2, 0.25) is 0 Å². The summed E-state index contributed by atoms with van der Waals surface area (Å²) in [5.74, 6) is 0. The summed E-state index contributed by atoms with van der Waals surface area (Å²) in [4.78, 5) is 0. The van der Waals surface area contributed by atoms with Crippen LogP contribution in [-0.4, -0.2) is 11.8 Å². The average molecular weight is 828 g/mol. The number of rotatable bonds is 3. The molecule has 1 aliphatic heterocycles. The van der Waals surface area contributed by atoms with Gasteiger partial charge in [0.15, 0.2) is 7.28 Å². The smallest absolute Gasteiger partial charge is 0.197 e. The summed E-state index contributed by atoms with van der Waals surface area (Å²) in [5.41, 5.74) is 21.7. The lowest BCUT2D eigenvalue weighted by Gasteiger charge is -2.24. The number of furan rings is 2. The van der Waals surface area contributed by atoms with Gasteiger partial charge in [-0.15, -0.1) is 0 Å². The quantitative estimate of drug-likeness (QED) is 0.180. The molecule has 13 rings (SSSR count). The Hall–Kier alpha value is -6.98. The molecule has 0 saturated heterocycles. The predicted octanol–water partition coefficient (Wildman–Crippen LogP) is 14.9. The molecule has 0 amide bonds. The number of para-hydroxylation sites is 1. The van der Waals surface area contributed by atoms with Crippen molar-refractivity contribution in [3.8, 4) is 27.9 Å². The highest BCUT2D eigenvalue weighted by Crippen LogP contribution is 2.51. The molecular weight excluding hydrogens is 779 g/mol. The van der Waals surface area contributed by atoms with Gasteiger partial charge in [0, 0.05) is 72.3 Å². The van der Waals surface area contributed by atoms with Crippen molar-refractivity contribution < 1.29 is 8.83 Å². The molecule has 0 spiro atoms. The fraction of sp³-hybridized carbons (Fsp3) is 0.186. The minimum absolute atomic E-state index is 0.00444. The van der Waals surface area contributed by atoms with E-state index >= 15 is 0 Å². The molecule has 11 aromatic rings. The van der Waals surface area contributed by atoms with Gasteiger partial charge in [-0.05, 0) is 104 Å². The summed E-state index contributed by atoms with van der Waals surface area (Å²) in [7, 11) is 2.43. The Balaban J connectivity index is 1.11. The molecule has 1 N–H and O–H groups in total. The van der Waals surface area contributed by atoms with Crippen LogP contribution in [0.3, 0.4) is 0 Å². The van der Waals surface area contributed by atoms with Gasteiger partial charge < -0.3 is 18.7 Å². The highest BCUT2D eigenvalue weighted by molar-refractivity contribution is 6.73. The van der Waals surface area contributed by atoms with Gasteiger partial charge in [-0.25, -0.2) is 0 Å². The molecule has 4 heterocycles. The van der Waals surface area contributed by atoms with Crippen molar-refractivity contribution in [3.05, 3.63) is 162 Å². The first kappa shape index (κ1) is 37.6. The molecule has 1 radical (unpaired) electrons. The molecule has 309 valence electrons. The molecule has 0 saturated carbocycles. The third-order valence-electron chi connectivity index (χ3n) is 14.5. The van der Waals surface area contributed by atoms with Crippen LogP contribution in [0.15, 0.2) is 148 Å². The van der Waals surface area contributed by atoms with Gasteiger partial charge in [0.2, 0.25) is 0 Å². The van der Waals surface area contributed by atoms with E-state index < -0.39 is 0 Å². The van der Waals surface area contributed by atoms with E-state index in [1.165, 1.54) is 60.6 Å². The number of hydrogen-bond acceptors (Lipinski definition) is 3. The fourth-order valence-corrected chi connectivity index (χ4v) is 11.0. The number of nitrogens with zero attached hydrogens (tertiary/aromatic N) is 1. The predicted molar refractivity (Wildman–Crippen MR) is 270 cm³/mol. The SMILES string of the molecule is CC(C)(C)c1ccc(Nc2cc3oc4ccc(C(C)(C)C)cc4c3cc2-c2ccc3c4cc5c(cc4n4c3c2[B]c2cc3c(cc2-4)oc2ccccc23)-c2ccccc2C5(C)C)cc1. The second-order valence-electron chi connectivity index (χ2n) is 20.9. The van der Waals surface area contributed by atoms with Crippen molar-refractivity contribution in [2.24, 2.45) is 0 Å². The third kappa shape index (κ3) is 5.24. The average Bonchev–Trinajstić information content (AvgIpc) is 3.98. The van der Waals surface area contributed by atoms with Gasteiger partial charge in [0.05, 0.1) is 11.2 Å². The first-order valence-electron chi connectivity index (χ1n) is 22.7. The molecule has 0 bridgehead atoms. The highest BCUT2D eigenvalue weighted by atomic mass is 16.3. The molecule has 8 aromatic carbocycles. The Morgan fingerprint density at radius 3 is 1.98 bits per heavy atom. The van der Waals surface area contributed by atoms with Gasteiger partial charge in [0.1, 0.15) is 22.3 Å². The minimum Gasteiger partial charge on any atom is -0.456 e. The summed E-state index contributed by atoms with van der Waals surface area (Å²) in [5, 5.41) is 10.9. The topological polar surface area (TPSA) is 43.2 Å². The summed E-state index contributed by atoms with van der Waals surface area (Å²) < 4.78 is 15.8.